The molecular formula is C20H39NO6. The SMILES string of the molecule is CCCCCCCCCCC(O)COC(C(=O)N(CC)CC)C(O)C(=O)O. The van der Waals surface area contributed by atoms with Crippen LogP contribution in [-0.4, -0.2) is 70.1 Å². The van der Waals surface area contributed by atoms with Crippen LogP contribution < -0.4 is 0 Å². The number of ether oxygens (including phenoxy) is 1. The van der Waals surface area contributed by atoms with Crippen molar-refractivity contribution in [1.82, 2.24) is 4.90 Å². The molecule has 0 saturated carbocycles. The fourth-order valence-electron chi connectivity index (χ4n) is 2.95. The molecule has 0 fully saturated rings. The van der Waals surface area contributed by atoms with Gasteiger partial charge in [-0.05, 0) is 20.3 Å². The van der Waals surface area contributed by atoms with E-state index in [0.29, 0.717) is 19.5 Å². The average molecular weight is 390 g/mol. The topological polar surface area (TPSA) is 107 Å². The minimum Gasteiger partial charge on any atom is -0.479 e. The zero-order chi connectivity index (χ0) is 20.7. The first-order valence-electron chi connectivity index (χ1n) is 10.4. The van der Waals surface area contributed by atoms with Gasteiger partial charge in [0.25, 0.3) is 5.91 Å². The van der Waals surface area contributed by atoms with Crippen LogP contribution in [0.3, 0.4) is 0 Å². The molecule has 0 spiro atoms. The number of aliphatic hydroxyl groups excluding tert-OH is 2. The zero-order valence-corrected chi connectivity index (χ0v) is 17.2. The van der Waals surface area contributed by atoms with Crippen LogP contribution in [0.25, 0.3) is 0 Å². The molecule has 0 rings (SSSR count). The van der Waals surface area contributed by atoms with E-state index in [2.05, 4.69) is 6.92 Å². The van der Waals surface area contributed by atoms with Crippen LogP contribution in [0.15, 0.2) is 0 Å². The second kappa shape index (κ2) is 15.8. The summed E-state index contributed by atoms with van der Waals surface area (Å²) < 4.78 is 5.32. The summed E-state index contributed by atoms with van der Waals surface area (Å²) in [4.78, 5) is 24.8. The highest BCUT2D eigenvalue weighted by atomic mass is 16.5. The van der Waals surface area contributed by atoms with Gasteiger partial charge in [0, 0.05) is 13.1 Å². The van der Waals surface area contributed by atoms with Gasteiger partial charge in [-0.3, -0.25) is 4.79 Å². The van der Waals surface area contributed by atoms with E-state index in [1.165, 1.54) is 37.0 Å². The summed E-state index contributed by atoms with van der Waals surface area (Å²) >= 11 is 0. The van der Waals surface area contributed by atoms with Crippen molar-refractivity contribution >= 4 is 11.9 Å². The summed E-state index contributed by atoms with van der Waals surface area (Å²) in [5.74, 6) is -2.09. The lowest BCUT2D eigenvalue weighted by Crippen LogP contribution is -2.49. The standard InChI is InChI=1S/C20H39NO6/c1-4-7-8-9-10-11-12-13-14-16(22)15-27-18(17(23)20(25)26)19(24)21(5-2)6-3/h16-18,22-23H,4-15H2,1-3H3,(H,25,26). The third kappa shape index (κ3) is 11.3. The van der Waals surface area contributed by atoms with E-state index in [1.807, 2.05) is 0 Å². The highest BCUT2D eigenvalue weighted by Gasteiger charge is 2.35. The molecule has 1 amide bonds. The molecule has 0 heterocycles. The molecule has 0 aliphatic carbocycles. The van der Waals surface area contributed by atoms with Crippen molar-refractivity contribution in [2.24, 2.45) is 0 Å². The molecule has 0 saturated heterocycles. The normalized spacial score (nSPS) is 14.6. The summed E-state index contributed by atoms with van der Waals surface area (Å²) in [6, 6.07) is 0. The molecule has 7 heteroatoms. The number of aliphatic hydroxyl groups is 2. The number of nitrogens with zero attached hydrogens (tertiary/aromatic N) is 1. The molecule has 0 aliphatic heterocycles. The average Bonchev–Trinajstić information content (AvgIpc) is 2.64. The summed E-state index contributed by atoms with van der Waals surface area (Å²) in [7, 11) is 0. The lowest BCUT2D eigenvalue weighted by molar-refractivity contribution is -0.169. The highest BCUT2D eigenvalue weighted by Crippen LogP contribution is 2.12. The number of carbonyl (C=O) groups is 2. The molecule has 3 atom stereocenters. The maximum absolute atomic E-state index is 12.4. The lowest BCUT2D eigenvalue weighted by atomic mass is 10.1. The number of carboxylic acid groups (broad SMARTS) is 1. The fourth-order valence-corrected chi connectivity index (χ4v) is 2.95. The van der Waals surface area contributed by atoms with E-state index in [0.717, 1.165) is 19.3 Å². The van der Waals surface area contributed by atoms with Crippen LogP contribution in [-0.2, 0) is 14.3 Å². The Kier molecular flexibility index (Phi) is 15.1. The molecule has 0 aliphatic rings. The number of likely N-dealkylation sites (N-methyl/N-ethyl adjacent to an activating group) is 1. The fraction of sp³-hybridized carbons (Fsp3) is 0.900. The van der Waals surface area contributed by atoms with Gasteiger partial charge < -0.3 is 25.0 Å². The highest BCUT2D eigenvalue weighted by molar-refractivity contribution is 5.88. The molecule has 0 aromatic carbocycles. The van der Waals surface area contributed by atoms with E-state index in [-0.39, 0.29) is 6.61 Å². The first kappa shape index (κ1) is 25.8. The van der Waals surface area contributed by atoms with Gasteiger partial charge in [0.05, 0.1) is 12.7 Å². The lowest BCUT2D eigenvalue weighted by Gasteiger charge is -2.27. The molecule has 0 bridgehead atoms. The van der Waals surface area contributed by atoms with Crippen molar-refractivity contribution in [3.05, 3.63) is 0 Å². The number of unbranched alkanes of at least 4 members (excludes halogenated alkanes) is 7. The summed E-state index contributed by atoms with van der Waals surface area (Å²) in [5, 5.41) is 28.8. The Morgan fingerprint density at radius 2 is 1.41 bits per heavy atom. The van der Waals surface area contributed by atoms with Crippen molar-refractivity contribution in [3.8, 4) is 0 Å². The van der Waals surface area contributed by atoms with E-state index in [9.17, 15) is 19.8 Å². The molecule has 160 valence electrons. The Morgan fingerprint density at radius 3 is 1.89 bits per heavy atom. The number of amides is 1. The second-order valence-corrected chi connectivity index (χ2v) is 6.96. The van der Waals surface area contributed by atoms with Gasteiger partial charge in [0.2, 0.25) is 0 Å². The van der Waals surface area contributed by atoms with E-state index in [1.54, 1.807) is 13.8 Å². The largest absolute Gasteiger partial charge is 0.479 e. The number of hydrogen-bond donors (Lipinski definition) is 3. The van der Waals surface area contributed by atoms with Crippen LogP contribution in [0.2, 0.25) is 0 Å². The van der Waals surface area contributed by atoms with Gasteiger partial charge >= 0.3 is 5.97 Å². The quantitative estimate of drug-likeness (QED) is 0.330. The van der Waals surface area contributed by atoms with Crippen LogP contribution >= 0.6 is 0 Å². The third-order valence-corrected chi connectivity index (χ3v) is 4.72. The minimum atomic E-state index is -1.95. The Morgan fingerprint density at radius 1 is 0.889 bits per heavy atom. The van der Waals surface area contributed by atoms with Crippen molar-refractivity contribution in [2.45, 2.75) is 96.9 Å². The maximum Gasteiger partial charge on any atom is 0.335 e. The molecule has 0 radical (unpaired) electrons. The van der Waals surface area contributed by atoms with E-state index >= 15 is 0 Å². The predicted molar refractivity (Wildman–Crippen MR) is 105 cm³/mol. The Bertz CT molecular complexity index is 400. The van der Waals surface area contributed by atoms with E-state index < -0.39 is 30.2 Å². The van der Waals surface area contributed by atoms with Crippen molar-refractivity contribution in [3.63, 3.8) is 0 Å². The van der Waals surface area contributed by atoms with Crippen LogP contribution in [0, 0.1) is 0 Å². The summed E-state index contributed by atoms with van der Waals surface area (Å²) in [6.07, 6.45) is 5.58. The summed E-state index contributed by atoms with van der Waals surface area (Å²) in [6.45, 7) is 6.34. The minimum absolute atomic E-state index is 0.168. The number of carbonyl (C=O) groups excluding carboxylic acids is 1. The van der Waals surface area contributed by atoms with Crippen LogP contribution in [0.1, 0.15) is 78.6 Å². The van der Waals surface area contributed by atoms with Gasteiger partial charge in [-0.25, -0.2) is 4.79 Å². The molecule has 27 heavy (non-hydrogen) atoms. The monoisotopic (exact) mass is 389 g/mol. The van der Waals surface area contributed by atoms with Gasteiger partial charge in [-0.15, -0.1) is 0 Å². The maximum atomic E-state index is 12.4. The molecule has 3 N–H and O–H groups in total. The molecular weight excluding hydrogens is 350 g/mol. The number of aliphatic carboxylic acids is 1. The predicted octanol–water partition coefficient (Wildman–Crippen LogP) is 2.58. The Labute approximate surface area is 163 Å². The molecule has 0 aromatic rings. The van der Waals surface area contributed by atoms with Crippen molar-refractivity contribution in [2.75, 3.05) is 19.7 Å². The van der Waals surface area contributed by atoms with E-state index in [4.69, 9.17) is 9.84 Å². The zero-order valence-electron chi connectivity index (χ0n) is 17.2. The van der Waals surface area contributed by atoms with Crippen molar-refractivity contribution < 1.29 is 29.6 Å². The van der Waals surface area contributed by atoms with Gasteiger partial charge in [0.15, 0.2) is 12.2 Å². The summed E-state index contributed by atoms with van der Waals surface area (Å²) in [5.41, 5.74) is 0. The first-order valence-corrected chi connectivity index (χ1v) is 10.4. The Balaban J connectivity index is 4.26. The molecule has 0 aromatic heterocycles. The third-order valence-electron chi connectivity index (χ3n) is 4.72. The van der Waals surface area contributed by atoms with Gasteiger partial charge in [0.1, 0.15) is 0 Å². The first-order chi connectivity index (χ1) is 12.9. The smallest absolute Gasteiger partial charge is 0.335 e. The second-order valence-electron chi connectivity index (χ2n) is 6.96. The van der Waals surface area contributed by atoms with Crippen LogP contribution in [0.5, 0.6) is 0 Å². The van der Waals surface area contributed by atoms with Gasteiger partial charge in [-0.1, -0.05) is 58.3 Å². The molecule has 7 nitrogen and oxygen atoms in total. The number of hydrogen-bond acceptors (Lipinski definition) is 5. The van der Waals surface area contributed by atoms with Gasteiger partial charge in [-0.2, -0.15) is 0 Å². The Hall–Kier alpha value is -1.18. The number of rotatable bonds is 17. The van der Waals surface area contributed by atoms with Crippen LogP contribution in [0.4, 0.5) is 0 Å². The molecule has 3 unspecified atom stereocenters. The van der Waals surface area contributed by atoms with Crippen molar-refractivity contribution in [1.29, 1.82) is 0 Å². The number of carboxylic acids is 1.